The number of nitrogens with zero attached hydrogens (tertiary/aromatic N) is 1. The van der Waals surface area contributed by atoms with Gasteiger partial charge in [-0.3, -0.25) is 0 Å². The number of hydrogen-bond acceptors (Lipinski definition) is 3. The van der Waals surface area contributed by atoms with Crippen molar-refractivity contribution in [2.45, 2.75) is 18.8 Å². The molecule has 108 valence electrons. The van der Waals surface area contributed by atoms with Crippen molar-refractivity contribution in [2.75, 3.05) is 0 Å². The molecule has 0 amide bonds. The molecule has 5 heteroatoms. The monoisotopic (exact) mass is 303 g/mol. The van der Waals surface area contributed by atoms with Gasteiger partial charge in [0.15, 0.2) is 0 Å². The lowest BCUT2D eigenvalue weighted by Gasteiger charge is -2.06. The fourth-order valence-electron chi connectivity index (χ4n) is 2.47. The van der Waals surface area contributed by atoms with Crippen LogP contribution < -0.4 is 4.84 Å². The van der Waals surface area contributed by atoms with Crippen molar-refractivity contribution in [3.05, 3.63) is 64.7 Å². The van der Waals surface area contributed by atoms with Crippen LogP contribution in [0.2, 0.25) is 0 Å². The van der Waals surface area contributed by atoms with E-state index < -0.39 is 0 Å². The predicted molar refractivity (Wildman–Crippen MR) is 78.7 cm³/mol. The summed E-state index contributed by atoms with van der Waals surface area (Å²) < 4.78 is 14.9. The predicted octanol–water partition coefficient (Wildman–Crippen LogP) is 3.51. The van der Waals surface area contributed by atoms with Crippen molar-refractivity contribution < 1.29 is 14.0 Å². The van der Waals surface area contributed by atoms with Crippen molar-refractivity contribution >= 4 is 18.2 Å². The molecule has 1 aliphatic rings. The van der Waals surface area contributed by atoms with Crippen molar-refractivity contribution in [2.24, 2.45) is 5.92 Å². The van der Waals surface area contributed by atoms with Gasteiger partial charge >= 0.3 is 5.97 Å². The van der Waals surface area contributed by atoms with Gasteiger partial charge in [-0.05, 0) is 48.1 Å². The van der Waals surface area contributed by atoms with E-state index in [2.05, 4.69) is 0 Å². The maximum Gasteiger partial charge on any atom is 0.333 e. The average Bonchev–Trinajstić information content (AvgIpc) is 3.20. The number of pyridine rings is 1. The van der Waals surface area contributed by atoms with Gasteiger partial charge < -0.3 is 4.84 Å². The molecule has 21 heavy (non-hydrogen) atoms. The topological polar surface area (TPSA) is 31.2 Å². The molecule has 0 radical (unpaired) electrons. The first-order valence-electron chi connectivity index (χ1n) is 6.78. The van der Waals surface area contributed by atoms with E-state index in [1.165, 1.54) is 16.9 Å². The summed E-state index contributed by atoms with van der Waals surface area (Å²) in [4.78, 5) is 17.1. The third-order valence-corrected chi connectivity index (χ3v) is 3.93. The minimum Gasteiger partial charge on any atom is -0.336 e. The number of aromatic nitrogens is 1. The largest absolute Gasteiger partial charge is 0.336 e. The lowest BCUT2D eigenvalue weighted by Crippen LogP contribution is -2.20. The molecule has 3 nitrogen and oxygen atoms in total. The van der Waals surface area contributed by atoms with Crippen LogP contribution in [-0.4, -0.2) is 10.7 Å². The Morgan fingerprint density at radius 2 is 2.19 bits per heavy atom. The van der Waals surface area contributed by atoms with E-state index in [9.17, 15) is 9.18 Å². The van der Waals surface area contributed by atoms with Crippen LogP contribution >= 0.6 is 12.2 Å². The maximum absolute atomic E-state index is 13.2. The molecule has 2 aromatic rings. The van der Waals surface area contributed by atoms with Gasteiger partial charge in [0.05, 0.1) is 6.42 Å². The first-order chi connectivity index (χ1) is 10.1. The van der Waals surface area contributed by atoms with Gasteiger partial charge in [-0.2, -0.15) is 4.73 Å². The lowest BCUT2D eigenvalue weighted by molar-refractivity contribution is -0.144. The number of carbonyl (C=O) groups excluding carboxylic acids is 1. The average molecular weight is 303 g/mol. The number of hydrogen-bond donors (Lipinski definition) is 0. The van der Waals surface area contributed by atoms with E-state index in [1.54, 1.807) is 30.5 Å². The van der Waals surface area contributed by atoms with Crippen LogP contribution in [0, 0.1) is 16.4 Å². The maximum atomic E-state index is 13.2. The van der Waals surface area contributed by atoms with Crippen molar-refractivity contribution in [1.82, 2.24) is 4.73 Å². The number of halogens is 1. The summed E-state index contributed by atoms with van der Waals surface area (Å²) in [5.41, 5.74) is 0.948. The highest BCUT2D eigenvalue weighted by molar-refractivity contribution is 7.71. The first-order valence-corrected chi connectivity index (χ1v) is 7.18. The van der Waals surface area contributed by atoms with E-state index in [4.69, 9.17) is 17.1 Å². The fourth-order valence-corrected chi connectivity index (χ4v) is 2.64. The minimum atomic E-state index is -0.318. The van der Waals surface area contributed by atoms with Crippen molar-refractivity contribution in [3.63, 3.8) is 0 Å². The van der Waals surface area contributed by atoms with E-state index >= 15 is 0 Å². The highest BCUT2D eigenvalue weighted by atomic mass is 32.1. The zero-order valence-electron chi connectivity index (χ0n) is 11.2. The highest BCUT2D eigenvalue weighted by Gasteiger charge is 2.40. The molecule has 0 saturated heterocycles. The van der Waals surface area contributed by atoms with Gasteiger partial charge in [-0.25, -0.2) is 9.18 Å². The van der Waals surface area contributed by atoms with Gasteiger partial charge in [-0.15, -0.1) is 0 Å². The standard InChI is InChI=1S/C16H14FNO2S/c17-13-5-3-4-11(8-13)14-9-12(14)10-16(19)20-18-7-2-1-6-15(18)21/h1-8,12,14H,9-10H2/t12-,14-/m1/s1. The summed E-state index contributed by atoms with van der Waals surface area (Å²) in [6, 6.07) is 11.8. The van der Waals surface area contributed by atoms with Crippen LogP contribution in [0.1, 0.15) is 24.3 Å². The van der Waals surface area contributed by atoms with Crippen LogP contribution in [0.3, 0.4) is 0 Å². The van der Waals surface area contributed by atoms with Gasteiger partial charge in [0.25, 0.3) is 0 Å². The van der Waals surface area contributed by atoms with Crippen LogP contribution in [0.4, 0.5) is 4.39 Å². The first kappa shape index (κ1) is 13.9. The molecule has 0 aliphatic heterocycles. The third-order valence-electron chi connectivity index (χ3n) is 3.62. The molecule has 0 bridgehead atoms. The van der Waals surface area contributed by atoms with Crippen LogP contribution in [0.5, 0.6) is 0 Å². The molecular formula is C16H14FNO2S. The van der Waals surface area contributed by atoms with Crippen LogP contribution in [-0.2, 0) is 4.79 Å². The Morgan fingerprint density at radius 1 is 1.33 bits per heavy atom. The molecule has 1 aliphatic carbocycles. The highest BCUT2D eigenvalue weighted by Crippen LogP contribution is 2.49. The van der Waals surface area contributed by atoms with E-state index in [0.29, 0.717) is 11.1 Å². The minimum absolute atomic E-state index is 0.220. The number of benzene rings is 1. The summed E-state index contributed by atoms with van der Waals surface area (Å²) >= 11 is 5.06. The summed E-state index contributed by atoms with van der Waals surface area (Å²) in [6.45, 7) is 0. The molecule has 2 atom stereocenters. The second-order valence-corrected chi connectivity index (χ2v) is 5.61. The molecule has 0 unspecified atom stereocenters. The normalized spacial score (nSPS) is 20.0. The van der Waals surface area contributed by atoms with Crippen molar-refractivity contribution in [1.29, 1.82) is 0 Å². The van der Waals surface area contributed by atoms with Crippen LogP contribution in [0.25, 0.3) is 0 Å². The second kappa shape index (κ2) is 5.77. The molecule has 1 heterocycles. The summed E-state index contributed by atoms with van der Waals surface area (Å²) in [6.07, 6.45) is 2.81. The SMILES string of the molecule is O=C(C[C@H]1C[C@@H]1c1cccc(F)c1)On1ccccc1=S. The molecule has 1 aromatic heterocycles. The molecule has 1 fully saturated rings. The summed E-state index contributed by atoms with van der Waals surface area (Å²) in [7, 11) is 0. The zero-order chi connectivity index (χ0) is 14.8. The summed E-state index contributed by atoms with van der Waals surface area (Å²) in [5.74, 6) is -0.0910. The molecule has 1 aromatic carbocycles. The summed E-state index contributed by atoms with van der Waals surface area (Å²) in [5, 5.41) is 0. The fraction of sp³-hybridized carbons (Fsp3) is 0.250. The lowest BCUT2D eigenvalue weighted by atomic mass is 10.1. The van der Waals surface area contributed by atoms with E-state index in [-0.39, 0.29) is 23.6 Å². The Labute approximate surface area is 126 Å². The smallest absolute Gasteiger partial charge is 0.333 e. The van der Waals surface area contributed by atoms with E-state index in [0.717, 1.165) is 12.0 Å². The third kappa shape index (κ3) is 3.36. The van der Waals surface area contributed by atoms with Gasteiger partial charge in [0.2, 0.25) is 0 Å². The van der Waals surface area contributed by atoms with Gasteiger partial charge in [-0.1, -0.05) is 30.4 Å². The Morgan fingerprint density at radius 3 is 2.95 bits per heavy atom. The molecule has 3 rings (SSSR count). The zero-order valence-corrected chi connectivity index (χ0v) is 12.1. The number of carbonyl (C=O) groups is 1. The quantitative estimate of drug-likeness (QED) is 0.810. The van der Waals surface area contributed by atoms with Crippen LogP contribution in [0.15, 0.2) is 48.7 Å². The molecule has 0 spiro atoms. The Bertz CT molecular complexity index is 728. The Kier molecular flexibility index (Phi) is 3.84. The van der Waals surface area contributed by atoms with E-state index in [1.807, 2.05) is 6.07 Å². The Balaban J connectivity index is 1.58. The Hall–Kier alpha value is -2.01. The number of rotatable bonds is 4. The van der Waals surface area contributed by atoms with Gasteiger partial charge in [0, 0.05) is 6.20 Å². The molecule has 0 N–H and O–H groups in total. The molecular weight excluding hydrogens is 289 g/mol. The second-order valence-electron chi connectivity index (χ2n) is 5.19. The molecule has 1 saturated carbocycles. The van der Waals surface area contributed by atoms with Crippen molar-refractivity contribution in [3.8, 4) is 0 Å². The van der Waals surface area contributed by atoms with Gasteiger partial charge in [0.1, 0.15) is 10.5 Å².